The van der Waals surface area contributed by atoms with Crippen molar-refractivity contribution in [1.29, 1.82) is 0 Å². The molecule has 31 valence electrons. The predicted octanol–water partition coefficient (Wildman–Crippen LogP) is -0.869. The summed E-state index contributed by atoms with van der Waals surface area (Å²) in [5.74, 6) is -0.440. The summed E-state index contributed by atoms with van der Waals surface area (Å²) in [4.78, 5) is 9.45. The Bertz CT molecular complexity index is 46.8. The Hall–Kier alpha value is 0.430. The van der Waals surface area contributed by atoms with Crippen molar-refractivity contribution in [1.82, 2.24) is 5.48 Å². The summed E-state index contributed by atoms with van der Waals surface area (Å²) in [5, 5.41) is 7.54. The van der Waals surface area contributed by atoms with Crippen molar-refractivity contribution in [3.63, 3.8) is 0 Å². The maximum Gasteiger partial charge on any atom is 0.240 e. The fourth-order valence-electron chi connectivity index (χ4n) is 0. The van der Waals surface area contributed by atoms with Crippen LogP contribution in [0.25, 0.3) is 0 Å². The van der Waals surface area contributed by atoms with Crippen LogP contribution in [0.2, 0.25) is 0 Å². The molecule has 0 unspecified atom stereocenters. The van der Waals surface area contributed by atoms with Gasteiger partial charge in [-0.15, -0.1) is 0 Å². The summed E-state index contributed by atoms with van der Waals surface area (Å²) in [5.41, 5.74) is 1.39. The van der Waals surface area contributed by atoms with Gasteiger partial charge in [0, 0.05) is 36.5 Å². The van der Waals surface area contributed by atoms with Crippen molar-refractivity contribution in [3.8, 4) is 0 Å². The Balaban J connectivity index is 0. The predicted molar refractivity (Wildman–Crippen MR) is 21.4 cm³/mol. The maximum absolute atomic E-state index is 9.45. The van der Waals surface area contributed by atoms with E-state index in [2.05, 4.69) is 0 Å². The number of amides is 1. The van der Waals surface area contributed by atoms with E-state index in [1.807, 2.05) is 0 Å². The standard InChI is InChI=1S/C2H5NO2.Na/c1-2(4)3-5;/h5H,1H3,(H,3,4);. The van der Waals surface area contributed by atoms with Crippen LogP contribution in [0.3, 0.4) is 0 Å². The van der Waals surface area contributed by atoms with Gasteiger partial charge in [-0.1, -0.05) is 0 Å². The number of carbonyl (C=O) groups is 1. The SMILES string of the molecule is CC(=O)NO.[Na]. The smallest absolute Gasteiger partial charge is 0.240 e. The molecular weight excluding hydrogens is 93.0 g/mol. The molecule has 0 aliphatic carbocycles. The molecule has 3 nitrogen and oxygen atoms in total. The first-order valence-electron chi connectivity index (χ1n) is 1.18. The summed E-state index contributed by atoms with van der Waals surface area (Å²) in [6.07, 6.45) is 0. The van der Waals surface area contributed by atoms with Crippen LogP contribution in [0.1, 0.15) is 6.92 Å². The second kappa shape index (κ2) is 5.43. The second-order valence-corrected chi connectivity index (χ2v) is 0.668. The van der Waals surface area contributed by atoms with Gasteiger partial charge in [-0.25, -0.2) is 5.48 Å². The first-order chi connectivity index (χ1) is 2.27. The third-order valence-corrected chi connectivity index (χ3v) is 0.157. The monoisotopic (exact) mass is 98.0 g/mol. The molecule has 0 rings (SSSR count). The van der Waals surface area contributed by atoms with E-state index in [9.17, 15) is 4.79 Å². The van der Waals surface area contributed by atoms with Crippen molar-refractivity contribution in [2.45, 2.75) is 6.92 Å². The van der Waals surface area contributed by atoms with Gasteiger partial charge in [0.25, 0.3) is 0 Å². The molecule has 0 aliphatic heterocycles. The average molecular weight is 98.1 g/mol. The minimum atomic E-state index is -0.440. The Morgan fingerprint density at radius 3 is 2.00 bits per heavy atom. The minimum absolute atomic E-state index is 0. The van der Waals surface area contributed by atoms with Crippen LogP contribution >= 0.6 is 0 Å². The van der Waals surface area contributed by atoms with Gasteiger partial charge in [-0.2, -0.15) is 0 Å². The molecule has 0 aromatic rings. The summed E-state index contributed by atoms with van der Waals surface area (Å²) in [6.45, 7) is 1.22. The molecule has 1 amide bonds. The van der Waals surface area contributed by atoms with E-state index in [-0.39, 0.29) is 29.6 Å². The Labute approximate surface area is 58.0 Å². The van der Waals surface area contributed by atoms with Gasteiger partial charge in [0.15, 0.2) is 0 Å². The van der Waals surface area contributed by atoms with Gasteiger partial charge in [0.2, 0.25) is 5.91 Å². The molecule has 0 saturated heterocycles. The molecular formula is C2H5NNaO2. The molecule has 0 fully saturated rings. The zero-order chi connectivity index (χ0) is 4.28. The summed E-state index contributed by atoms with van der Waals surface area (Å²) < 4.78 is 0. The van der Waals surface area contributed by atoms with Crippen molar-refractivity contribution < 1.29 is 10.0 Å². The van der Waals surface area contributed by atoms with E-state index < -0.39 is 5.91 Å². The van der Waals surface area contributed by atoms with Gasteiger partial charge in [0.05, 0.1) is 0 Å². The van der Waals surface area contributed by atoms with Crippen LogP contribution in [-0.2, 0) is 4.79 Å². The zero-order valence-corrected chi connectivity index (χ0v) is 5.86. The molecule has 2 N–H and O–H groups in total. The van der Waals surface area contributed by atoms with E-state index in [1.54, 1.807) is 0 Å². The number of hydroxylamine groups is 1. The number of nitrogens with one attached hydrogen (secondary N) is 1. The van der Waals surface area contributed by atoms with E-state index in [0.717, 1.165) is 0 Å². The van der Waals surface area contributed by atoms with Crippen LogP contribution < -0.4 is 5.48 Å². The van der Waals surface area contributed by atoms with E-state index >= 15 is 0 Å². The fourth-order valence-corrected chi connectivity index (χ4v) is 0. The van der Waals surface area contributed by atoms with Crippen LogP contribution in [-0.4, -0.2) is 40.7 Å². The van der Waals surface area contributed by atoms with Crippen LogP contribution in [0, 0.1) is 0 Å². The number of carbonyl (C=O) groups excluding carboxylic acids is 1. The Morgan fingerprint density at radius 1 is 1.83 bits per heavy atom. The fraction of sp³-hybridized carbons (Fsp3) is 0.500. The molecule has 0 aromatic heterocycles. The molecule has 0 heterocycles. The van der Waals surface area contributed by atoms with Gasteiger partial charge in [-0.3, -0.25) is 10.0 Å². The molecule has 4 heteroatoms. The first kappa shape index (κ1) is 9.66. The first-order valence-corrected chi connectivity index (χ1v) is 1.18. The average Bonchev–Trinajstić information content (AvgIpc) is 1.38. The number of hydrogen-bond donors (Lipinski definition) is 2. The largest absolute Gasteiger partial charge is 0.289 e. The zero-order valence-electron chi connectivity index (χ0n) is 3.86. The summed E-state index contributed by atoms with van der Waals surface area (Å²) >= 11 is 0. The van der Waals surface area contributed by atoms with Crippen LogP contribution in [0.5, 0.6) is 0 Å². The van der Waals surface area contributed by atoms with E-state index in [0.29, 0.717) is 0 Å². The maximum atomic E-state index is 9.45. The molecule has 0 bridgehead atoms. The Morgan fingerprint density at radius 2 is 2.00 bits per heavy atom. The van der Waals surface area contributed by atoms with Crippen molar-refractivity contribution in [2.75, 3.05) is 0 Å². The van der Waals surface area contributed by atoms with Gasteiger partial charge in [-0.05, 0) is 0 Å². The van der Waals surface area contributed by atoms with Crippen molar-refractivity contribution in [2.24, 2.45) is 0 Å². The molecule has 1 radical (unpaired) electrons. The number of hydrogen-bond acceptors (Lipinski definition) is 2. The minimum Gasteiger partial charge on any atom is -0.289 e. The van der Waals surface area contributed by atoms with Crippen molar-refractivity contribution in [3.05, 3.63) is 0 Å². The third-order valence-electron chi connectivity index (χ3n) is 0.157. The summed E-state index contributed by atoms with van der Waals surface area (Å²) in [6, 6.07) is 0. The normalized spacial score (nSPS) is 5.67. The molecule has 0 aliphatic rings. The second-order valence-electron chi connectivity index (χ2n) is 0.668. The van der Waals surface area contributed by atoms with E-state index in [4.69, 9.17) is 5.21 Å². The van der Waals surface area contributed by atoms with Crippen molar-refractivity contribution >= 4 is 35.5 Å². The number of rotatable bonds is 0. The van der Waals surface area contributed by atoms with Crippen LogP contribution in [0.15, 0.2) is 0 Å². The van der Waals surface area contributed by atoms with Crippen LogP contribution in [0.4, 0.5) is 0 Å². The molecule has 0 spiro atoms. The Kier molecular flexibility index (Phi) is 8.74. The van der Waals surface area contributed by atoms with E-state index in [1.165, 1.54) is 12.4 Å². The molecule has 0 atom stereocenters. The third kappa shape index (κ3) is 8.83. The van der Waals surface area contributed by atoms with Gasteiger partial charge in [0.1, 0.15) is 0 Å². The molecule has 0 aromatic carbocycles. The summed E-state index contributed by atoms with van der Waals surface area (Å²) in [7, 11) is 0. The topological polar surface area (TPSA) is 49.3 Å². The molecule has 6 heavy (non-hydrogen) atoms. The van der Waals surface area contributed by atoms with Gasteiger partial charge < -0.3 is 0 Å². The molecule has 0 saturated carbocycles. The quantitative estimate of drug-likeness (QED) is 0.235. The van der Waals surface area contributed by atoms with Gasteiger partial charge >= 0.3 is 0 Å².